The van der Waals surface area contributed by atoms with Crippen LogP contribution in [0.15, 0.2) is 12.4 Å². The predicted molar refractivity (Wildman–Crippen MR) is 75.5 cm³/mol. The van der Waals surface area contributed by atoms with E-state index >= 15 is 0 Å². The highest BCUT2D eigenvalue weighted by molar-refractivity contribution is 5.00. The van der Waals surface area contributed by atoms with E-state index < -0.39 is 0 Å². The first-order valence-corrected chi connectivity index (χ1v) is 7.59. The standard InChI is InChI=1S/C15H27N3/c1-3-16-14(12-13-8-6-5-7-9-13)15-17-10-11-18(15)4-2/h10-11,13-14,16H,3-9,12H2,1-2H3. The van der Waals surface area contributed by atoms with E-state index in [1.54, 1.807) is 0 Å². The van der Waals surface area contributed by atoms with Crippen molar-refractivity contribution in [1.82, 2.24) is 14.9 Å². The van der Waals surface area contributed by atoms with E-state index in [9.17, 15) is 0 Å². The first-order chi connectivity index (χ1) is 8.85. The molecule has 1 atom stereocenters. The van der Waals surface area contributed by atoms with Gasteiger partial charge in [0.1, 0.15) is 5.82 Å². The van der Waals surface area contributed by atoms with Crippen molar-refractivity contribution in [3.63, 3.8) is 0 Å². The molecule has 1 N–H and O–H groups in total. The minimum Gasteiger partial charge on any atom is -0.334 e. The Morgan fingerprint density at radius 2 is 2.11 bits per heavy atom. The summed E-state index contributed by atoms with van der Waals surface area (Å²) in [4.78, 5) is 4.57. The van der Waals surface area contributed by atoms with Crippen LogP contribution in [0.4, 0.5) is 0 Å². The lowest BCUT2D eigenvalue weighted by molar-refractivity contribution is 0.293. The van der Waals surface area contributed by atoms with Gasteiger partial charge in [0, 0.05) is 18.9 Å². The molecule has 1 unspecified atom stereocenters. The van der Waals surface area contributed by atoms with Gasteiger partial charge in [0.2, 0.25) is 0 Å². The van der Waals surface area contributed by atoms with Gasteiger partial charge in [-0.3, -0.25) is 0 Å². The van der Waals surface area contributed by atoms with Gasteiger partial charge in [-0.25, -0.2) is 4.98 Å². The van der Waals surface area contributed by atoms with Crippen molar-refractivity contribution in [2.45, 2.75) is 65.0 Å². The van der Waals surface area contributed by atoms with Crippen molar-refractivity contribution in [2.75, 3.05) is 6.54 Å². The molecule has 0 aliphatic heterocycles. The number of imidazole rings is 1. The molecule has 2 rings (SSSR count). The van der Waals surface area contributed by atoms with Crippen LogP contribution < -0.4 is 5.32 Å². The van der Waals surface area contributed by atoms with Gasteiger partial charge in [-0.15, -0.1) is 0 Å². The van der Waals surface area contributed by atoms with Crippen LogP contribution in [0.5, 0.6) is 0 Å². The fourth-order valence-electron chi connectivity index (χ4n) is 3.18. The number of rotatable bonds is 6. The van der Waals surface area contributed by atoms with Crippen LogP contribution in [-0.2, 0) is 6.54 Å². The lowest BCUT2D eigenvalue weighted by Crippen LogP contribution is -2.27. The highest BCUT2D eigenvalue weighted by atomic mass is 15.1. The Balaban J connectivity index is 2.02. The fourth-order valence-corrected chi connectivity index (χ4v) is 3.18. The minimum atomic E-state index is 0.438. The molecule has 18 heavy (non-hydrogen) atoms. The highest BCUT2D eigenvalue weighted by Crippen LogP contribution is 2.31. The summed E-state index contributed by atoms with van der Waals surface area (Å²) >= 11 is 0. The largest absolute Gasteiger partial charge is 0.334 e. The zero-order valence-electron chi connectivity index (χ0n) is 11.9. The fraction of sp³-hybridized carbons (Fsp3) is 0.800. The number of aromatic nitrogens is 2. The second-order valence-corrected chi connectivity index (χ2v) is 5.42. The Morgan fingerprint density at radius 1 is 1.33 bits per heavy atom. The zero-order valence-corrected chi connectivity index (χ0v) is 11.9. The van der Waals surface area contributed by atoms with E-state index in [4.69, 9.17) is 0 Å². The van der Waals surface area contributed by atoms with Crippen molar-refractivity contribution < 1.29 is 0 Å². The summed E-state index contributed by atoms with van der Waals surface area (Å²) in [6, 6.07) is 0.438. The molecule has 0 saturated heterocycles. The van der Waals surface area contributed by atoms with Gasteiger partial charge in [0.05, 0.1) is 6.04 Å². The van der Waals surface area contributed by atoms with Gasteiger partial charge in [-0.2, -0.15) is 0 Å². The lowest BCUT2D eigenvalue weighted by Gasteiger charge is -2.27. The summed E-state index contributed by atoms with van der Waals surface area (Å²) in [6.45, 7) is 6.41. The van der Waals surface area contributed by atoms with Crippen LogP contribution in [-0.4, -0.2) is 16.1 Å². The Labute approximate surface area is 111 Å². The molecule has 0 amide bonds. The van der Waals surface area contributed by atoms with E-state index in [1.807, 2.05) is 6.20 Å². The second kappa shape index (κ2) is 6.93. The van der Waals surface area contributed by atoms with Crippen LogP contribution in [0.25, 0.3) is 0 Å². The minimum absolute atomic E-state index is 0.438. The molecule has 0 spiro atoms. The molecule has 3 heteroatoms. The van der Waals surface area contributed by atoms with Crippen LogP contribution in [0, 0.1) is 5.92 Å². The van der Waals surface area contributed by atoms with Gasteiger partial charge in [-0.1, -0.05) is 39.0 Å². The monoisotopic (exact) mass is 249 g/mol. The quantitative estimate of drug-likeness (QED) is 0.836. The Hall–Kier alpha value is -0.830. The average molecular weight is 249 g/mol. The van der Waals surface area contributed by atoms with E-state index in [0.717, 1.165) is 19.0 Å². The maximum absolute atomic E-state index is 4.57. The van der Waals surface area contributed by atoms with Crippen molar-refractivity contribution >= 4 is 0 Å². The molecule has 0 radical (unpaired) electrons. The molecule has 0 bridgehead atoms. The summed E-state index contributed by atoms with van der Waals surface area (Å²) in [7, 11) is 0. The van der Waals surface area contributed by atoms with E-state index in [-0.39, 0.29) is 0 Å². The third kappa shape index (κ3) is 3.35. The van der Waals surface area contributed by atoms with Crippen LogP contribution in [0.1, 0.15) is 64.2 Å². The van der Waals surface area contributed by atoms with E-state index in [0.29, 0.717) is 6.04 Å². The van der Waals surface area contributed by atoms with Crippen molar-refractivity contribution in [2.24, 2.45) is 5.92 Å². The number of nitrogens with zero attached hydrogens (tertiary/aromatic N) is 2. The maximum atomic E-state index is 4.57. The molecule has 1 aliphatic rings. The molecule has 1 fully saturated rings. The molecule has 1 heterocycles. The number of aryl methyl sites for hydroxylation is 1. The van der Waals surface area contributed by atoms with Crippen molar-refractivity contribution in [3.05, 3.63) is 18.2 Å². The van der Waals surface area contributed by atoms with Gasteiger partial charge < -0.3 is 9.88 Å². The SMILES string of the molecule is CCNC(CC1CCCCC1)c1nccn1CC. The molecule has 0 aromatic carbocycles. The van der Waals surface area contributed by atoms with Crippen LogP contribution in [0.3, 0.4) is 0 Å². The molecular formula is C15H27N3. The number of nitrogens with one attached hydrogen (secondary N) is 1. The molecule has 1 aliphatic carbocycles. The molecule has 1 aromatic rings. The van der Waals surface area contributed by atoms with Crippen molar-refractivity contribution in [1.29, 1.82) is 0 Å². The van der Waals surface area contributed by atoms with E-state index in [2.05, 4.69) is 34.9 Å². The molecule has 3 nitrogen and oxygen atoms in total. The number of hydrogen-bond donors (Lipinski definition) is 1. The summed E-state index contributed by atoms with van der Waals surface area (Å²) in [5.41, 5.74) is 0. The van der Waals surface area contributed by atoms with Gasteiger partial charge >= 0.3 is 0 Å². The van der Waals surface area contributed by atoms with Gasteiger partial charge in [-0.05, 0) is 25.8 Å². The summed E-state index contributed by atoms with van der Waals surface area (Å²) in [5, 5.41) is 3.62. The van der Waals surface area contributed by atoms with Gasteiger partial charge in [0.25, 0.3) is 0 Å². The normalized spacial score (nSPS) is 19.0. The summed E-state index contributed by atoms with van der Waals surface area (Å²) in [6.07, 6.45) is 12.4. The van der Waals surface area contributed by atoms with Crippen LogP contribution in [0.2, 0.25) is 0 Å². The Bertz CT molecular complexity index is 339. The topological polar surface area (TPSA) is 29.9 Å². The molecular weight excluding hydrogens is 222 g/mol. The summed E-state index contributed by atoms with van der Waals surface area (Å²) in [5.74, 6) is 2.12. The third-order valence-electron chi connectivity index (χ3n) is 4.14. The van der Waals surface area contributed by atoms with Crippen molar-refractivity contribution in [3.8, 4) is 0 Å². The highest BCUT2D eigenvalue weighted by Gasteiger charge is 2.22. The van der Waals surface area contributed by atoms with E-state index in [1.165, 1.54) is 44.3 Å². The zero-order chi connectivity index (χ0) is 12.8. The summed E-state index contributed by atoms with van der Waals surface area (Å²) < 4.78 is 2.27. The molecule has 1 aromatic heterocycles. The Morgan fingerprint density at radius 3 is 2.78 bits per heavy atom. The lowest BCUT2D eigenvalue weighted by atomic mass is 9.84. The first-order valence-electron chi connectivity index (χ1n) is 7.59. The first kappa shape index (κ1) is 13.6. The average Bonchev–Trinajstić information content (AvgIpc) is 2.87. The maximum Gasteiger partial charge on any atom is 0.125 e. The van der Waals surface area contributed by atoms with Crippen LogP contribution >= 0.6 is 0 Å². The number of hydrogen-bond acceptors (Lipinski definition) is 2. The molecule has 1 saturated carbocycles. The smallest absolute Gasteiger partial charge is 0.125 e. The Kier molecular flexibility index (Phi) is 5.24. The third-order valence-corrected chi connectivity index (χ3v) is 4.14. The predicted octanol–water partition coefficient (Wildman–Crippen LogP) is 3.52. The van der Waals surface area contributed by atoms with Gasteiger partial charge in [0.15, 0.2) is 0 Å². The molecule has 102 valence electrons. The second-order valence-electron chi connectivity index (χ2n) is 5.42.